The zero-order chi connectivity index (χ0) is 10.5. The summed E-state index contributed by atoms with van der Waals surface area (Å²) in [6.45, 7) is 0.576. The van der Waals surface area contributed by atoms with Crippen molar-refractivity contribution in [2.75, 3.05) is 6.61 Å². The smallest absolute Gasteiger partial charge is 0.331 e. The van der Waals surface area contributed by atoms with Crippen LogP contribution in [0.1, 0.15) is 44.9 Å². The van der Waals surface area contributed by atoms with E-state index in [1.165, 1.54) is 36.8 Å². The van der Waals surface area contributed by atoms with Gasteiger partial charge in [-0.05, 0) is 49.7 Å². The normalized spacial score (nSPS) is 23.3. The van der Waals surface area contributed by atoms with Crippen LogP contribution in [0.4, 0.5) is 0 Å². The summed E-state index contributed by atoms with van der Waals surface area (Å²) in [6, 6.07) is 0. The van der Waals surface area contributed by atoms with Crippen LogP contribution in [-0.2, 0) is 9.53 Å². The van der Waals surface area contributed by atoms with Crippen LogP contribution in [0.25, 0.3) is 0 Å². The van der Waals surface area contributed by atoms with E-state index in [1.807, 2.05) is 0 Å². The summed E-state index contributed by atoms with van der Waals surface area (Å²) in [6.07, 6.45) is 12.2. The first-order chi connectivity index (χ1) is 7.36. The maximum Gasteiger partial charge on any atom is 0.331 e. The Labute approximate surface area is 91.0 Å². The fraction of sp³-hybridized carbons (Fsp3) is 0.615. The van der Waals surface area contributed by atoms with Gasteiger partial charge in [-0.15, -0.1) is 0 Å². The number of ether oxygens (including phenoxy) is 1. The van der Waals surface area contributed by atoms with Gasteiger partial charge in [-0.3, -0.25) is 0 Å². The van der Waals surface area contributed by atoms with Crippen LogP contribution >= 0.6 is 0 Å². The summed E-state index contributed by atoms with van der Waals surface area (Å²) in [7, 11) is 0. The predicted octanol–water partition coefficient (Wildman–Crippen LogP) is 3.14. The molecule has 0 bridgehead atoms. The zero-order valence-corrected chi connectivity index (χ0v) is 9.13. The summed E-state index contributed by atoms with van der Waals surface area (Å²) in [5, 5.41) is 0. The van der Waals surface area contributed by atoms with Gasteiger partial charge in [0.15, 0.2) is 0 Å². The molecule has 0 fully saturated rings. The molecule has 0 aromatic rings. The van der Waals surface area contributed by atoms with Gasteiger partial charge in [0.25, 0.3) is 0 Å². The van der Waals surface area contributed by atoms with E-state index in [0.29, 0.717) is 6.61 Å². The molecular formula is C13H18O2. The summed E-state index contributed by atoms with van der Waals surface area (Å²) in [4.78, 5) is 11.3. The first-order valence-corrected chi connectivity index (χ1v) is 5.93. The van der Waals surface area contributed by atoms with Crippen LogP contribution in [0.2, 0.25) is 0 Å². The Morgan fingerprint density at radius 2 is 1.87 bits per heavy atom. The van der Waals surface area contributed by atoms with Gasteiger partial charge in [-0.1, -0.05) is 12.5 Å². The van der Waals surface area contributed by atoms with Gasteiger partial charge >= 0.3 is 5.97 Å². The molecule has 0 aromatic carbocycles. The molecule has 2 nitrogen and oxygen atoms in total. The molecule has 0 radical (unpaired) electrons. The lowest BCUT2D eigenvalue weighted by atomic mass is 9.97. The van der Waals surface area contributed by atoms with Gasteiger partial charge in [-0.25, -0.2) is 4.79 Å². The van der Waals surface area contributed by atoms with Crippen molar-refractivity contribution >= 4 is 5.97 Å². The van der Waals surface area contributed by atoms with E-state index in [1.54, 1.807) is 6.08 Å². The topological polar surface area (TPSA) is 26.3 Å². The van der Waals surface area contributed by atoms with Gasteiger partial charge in [0.2, 0.25) is 0 Å². The van der Waals surface area contributed by atoms with E-state index in [2.05, 4.69) is 6.08 Å². The van der Waals surface area contributed by atoms with Gasteiger partial charge in [-0.2, -0.15) is 0 Å². The second-order valence-corrected chi connectivity index (χ2v) is 4.27. The minimum absolute atomic E-state index is 0.160. The highest BCUT2D eigenvalue weighted by Gasteiger charge is 2.13. The fourth-order valence-corrected chi connectivity index (χ4v) is 2.25. The first-order valence-electron chi connectivity index (χ1n) is 5.93. The van der Waals surface area contributed by atoms with Crippen LogP contribution in [0.15, 0.2) is 23.3 Å². The van der Waals surface area contributed by atoms with Crippen molar-refractivity contribution in [1.82, 2.24) is 0 Å². The minimum Gasteiger partial charge on any atom is -0.463 e. The van der Waals surface area contributed by atoms with Gasteiger partial charge in [0.05, 0.1) is 6.61 Å². The molecule has 82 valence electrons. The van der Waals surface area contributed by atoms with E-state index < -0.39 is 0 Å². The number of esters is 1. The van der Waals surface area contributed by atoms with Crippen molar-refractivity contribution in [3.8, 4) is 0 Å². The SMILES string of the molecule is O=C1C=C(C2=CCCCCC2)CCCO1. The van der Waals surface area contributed by atoms with Crippen molar-refractivity contribution in [3.05, 3.63) is 23.3 Å². The standard InChI is InChI=1S/C13H18O2/c14-13-10-12(8-5-9-15-13)11-6-3-1-2-4-7-11/h6,10H,1-5,7-9H2. The molecule has 0 saturated heterocycles. The van der Waals surface area contributed by atoms with E-state index in [4.69, 9.17) is 4.74 Å². The molecule has 0 saturated carbocycles. The predicted molar refractivity (Wildman–Crippen MR) is 59.4 cm³/mol. The van der Waals surface area contributed by atoms with E-state index in [9.17, 15) is 4.79 Å². The second-order valence-electron chi connectivity index (χ2n) is 4.27. The Balaban J connectivity index is 2.12. The average molecular weight is 206 g/mol. The second kappa shape index (κ2) is 5.15. The zero-order valence-electron chi connectivity index (χ0n) is 9.13. The molecule has 0 N–H and O–H groups in total. The van der Waals surface area contributed by atoms with Crippen LogP contribution in [0.3, 0.4) is 0 Å². The van der Waals surface area contributed by atoms with Gasteiger partial charge in [0.1, 0.15) is 0 Å². The number of carbonyl (C=O) groups excluding carboxylic acids is 1. The number of allylic oxidation sites excluding steroid dienone is 3. The molecule has 0 unspecified atom stereocenters. The molecule has 0 atom stereocenters. The third-order valence-electron chi connectivity index (χ3n) is 3.08. The van der Waals surface area contributed by atoms with E-state index in [-0.39, 0.29) is 5.97 Å². The Hall–Kier alpha value is -1.05. The van der Waals surface area contributed by atoms with Crippen LogP contribution < -0.4 is 0 Å². The maximum absolute atomic E-state index is 11.3. The number of hydrogen-bond acceptors (Lipinski definition) is 2. The number of carbonyl (C=O) groups is 1. The molecule has 15 heavy (non-hydrogen) atoms. The average Bonchev–Trinajstić information content (AvgIpc) is 2.59. The summed E-state index contributed by atoms with van der Waals surface area (Å²) in [5.74, 6) is -0.160. The molecule has 1 aliphatic carbocycles. The van der Waals surface area contributed by atoms with Crippen LogP contribution in [0, 0.1) is 0 Å². The molecule has 2 heteroatoms. The summed E-state index contributed by atoms with van der Waals surface area (Å²) < 4.78 is 5.01. The van der Waals surface area contributed by atoms with E-state index in [0.717, 1.165) is 19.3 Å². The van der Waals surface area contributed by atoms with Gasteiger partial charge < -0.3 is 4.74 Å². The highest BCUT2D eigenvalue weighted by Crippen LogP contribution is 2.27. The highest BCUT2D eigenvalue weighted by atomic mass is 16.5. The molecule has 1 aliphatic heterocycles. The molecular weight excluding hydrogens is 188 g/mol. The van der Waals surface area contributed by atoms with Crippen molar-refractivity contribution in [2.24, 2.45) is 0 Å². The Kier molecular flexibility index (Phi) is 3.59. The van der Waals surface area contributed by atoms with Crippen molar-refractivity contribution in [2.45, 2.75) is 44.9 Å². The minimum atomic E-state index is -0.160. The fourth-order valence-electron chi connectivity index (χ4n) is 2.25. The number of cyclic esters (lactones) is 1. The summed E-state index contributed by atoms with van der Waals surface area (Å²) >= 11 is 0. The number of hydrogen-bond donors (Lipinski definition) is 0. The van der Waals surface area contributed by atoms with Gasteiger partial charge in [0, 0.05) is 6.08 Å². The Morgan fingerprint density at radius 1 is 1.00 bits per heavy atom. The van der Waals surface area contributed by atoms with Crippen LogP contribution in [0.5, 0.6) is 0 Å². The lowest BCUT2D eigenvalue weighted by molar-refractivity contribution is -0.137. The lowest BCUT2D eigenvalue weighted by Crippen LogP contribution is -1.98. The molecule has 2 aliphatic rings. The van der Waals surface area contributed by atoms with Crippen molar-refractivity contribution in [3.63, 3.8) is 0 Å². The van der Waals surface area contributed by atoms with Crippen molar-refractivity contribution in [1.29, 1.82) is 0 Å². The van der Waals surface area contributed by atoms with E-state index >= 15 is 0 Å². The molecule has 0 aromatic heterocycles. The lowest BCUT2D eigenvalue weighted by Gasteiger charge is -2.07. The van der Waals surface area contributed by atoms with Crippen LogP contribution in [-0.4, -0.2) is 12.6 Å². The molecule has 0 amide bonds. The molecule has 0 spiro atoms. The maximum atomic E-state index is 11.3. The highest BCUT2D eigenvalue weighted by molar-refractivity contribution is 5.84. The van der Waals surface area contributed by atoms with Crippen molar-refractivity contribution < 1.29 is 9.53 Å². The number of rotatable bonds is 1. The molecule has 1 heterocycles. The summed E-state index contributed by atoms with van der Waals surface area (Å²) in [5.41, 5.74) is 2.62. The molecule has 2 rings (SSSR count). The Bertz CT molecular complexity index is 300. The third-order valence-corrected chi connectivity index (χ3v) is 3.08. The largest absolute Gasteiger partial charge is 0.463 e. The Morgan fingerprint density at radius 3 is 2.80 bits per heavy atom. The quantitative estimate of drug-likeness (QED) is 0.616. The third kappa shape index (κ3) is 2.95. The monoisotopic (exact) mass is 206 g/mol. The first kappa shape index (κ1) is 10.5.